The monoisotopic (exact) mass is 363 g/mol. The van der Waals surface area contributed by atoms with E-state index in [9.17, 15) is 9.59 Å². The Morgan fingerprint density at radius 1 is 1.48 bits per heavy atom. The highest BCUT2D eigenvalue weighted by Crippen LogP contribution is 2.37. The number of carbonyl (C=O) groups excluding carboxylic acids is 2. The highest BCUT2D eigenvalue weighted by Gasteiger charge is 2.32. The molecule has 1 aliphatic rings. The molecule has 9 heteroatoms. The van der Waals surface area contributed by atoms with E-state index >= 15 is 0 Å². The van der Waals surface area contributed by atoms with Crippen LogP contribution in [0.2, 0.25) is 5.02 Å². The zero-order valence-corrected chi connectivity index (χ0v) is 14.6. The molecule has 3 rings (SSSR count). The summed E-state index contributed by atoms with van der Waals surface area (Å²) in [6.07, 6.45) is 1.34. The van der Waals surface area contributed by atoms with Gasteiger partial charge in [0, 0.05) is 38.7 Å². The Morgan fingerprint density at radius 3 is 2.96 bits per heavy atom. The fraction of sp³-hybridized carbons (Fsp3) is 0.312. The zero-order chi connectivity index (χ0) is 18.0. The van der Waals surface area contributed by atoms with Crippen molar-refractivity contribution >= 4 is 40.6 Å². The summed E-state index contributed by atoms with van der Waals surface area (Å²) in [6, 6.07) is 5.38. The molecular formula is C16H18ClN5O3. The number of nitrogens with one attached hydrogen (secondary N) is 3. The van der Waals surface area contributed by atoms with Crippen molar-refractivity contribution in [3.63, 3.8) is 0 Å². The van der Waals surface area contributed by atoms with Crippen LogP contribution in [0.15, 0.2) is 24.4 Å². The molecule has 1 aromatic carbocycles. The number of hydrogen-bond acceptors (Lipinski definition) is 5. The first-order valence-electron chi connectivity index (χ1n) is 7.74. The lowest BCUT2D eigenvalue weighted by Crippen LogP contribution is -2.44. The lowest BCUT2D eigenvalue weighted by molar-refractivity contribution is -0.127. The fourth-order valence-corrected chi connectivity index (χ4v) is 2.71. The molecule has 1 unspecified atom stereocenters. The molecule has 0 saturated heterocycles. The Bertz CT molecular complexity index is 807. The molecule has 0 spiro atoms. The maximum absolute atomic E-state index is 12.4. The van der Waals surface area contributed by atoms with Gasteiger partial charge in [-0.2, -0.15) is 5.10 Å². The number of benzene rings is 1. The summed E-state index contributed by atoms with van der Waals surface area (Å²) in [5.74, 6) is 0.825. The third-order valence-corrected chi connectivity index (χ3v) is 4.26. The first-order chi connectivity index (χ1) is 12.0. The van der Waals surface area contributed by atoms with Gasteiger partial charge in [-0.25, -0.2) is 0 Å². The summed E-state index contributed by atoms with van der Waals surface area (Å²) in [7, 11) is 3.25. The van der Waals surface area contributed by atoms with Crippen LogP contribution in [0.5, 0.6) is 5.75 Å². The van der Waals surface area contributed by atoms with E-state index in [1.165, 1.54) is 6.20 Å². The van der Waals surface area contributed by atoms with Crippen molar-refractivity contribution in [1.82, 2.24) is 15.5 Å². The lowest BCUT2D eigenvalue weighted by Gasteiger charge is -2.32. The van der Waals surface area contributed by atoms with E-state index in [-0.39, 0.29) is 18.2 Å². The average Bonchev–Trinajstić information content (AvgIpc) is 3.01. The number of anilines is 3. The van der Waals surface area contributed by atoms with Gasteiger partial charge < -0.3 is 20.3 Å². The Hall–Kier alpha value is -2.74. The first-order valence-corrected chi connectivity index (χ1v) is 8.12. The second kappa shape index (κ2) is 7.02. The summed E-state index contributed by atoms with van der Waals surface area (Å²) >= 11 is 6.00. The van der Waals surface area contributed by atoms with Crippen molar-refractivity contribution in [3.05, 3.63) is 29.4 Å². The Balaban J connectivity index is 1.79. The number of carbonyl (C=O) groups is 2. The molecule has 8 nitrogen and oxygen atoms in total. The number of aromatic nitrogens is 2. The lowest BCUT2D eigenvalue weighted by atomic mass is 10.1. The number of ether oxygens (including phenoxy) is 1. The van der Waals surface area contributed by atoms with Gasteiger partial charge in [0.15, 0.2) is 6.10 Å². The summed E-state index contributed by atoms with van der Waals surface area (Å²) in [5.41, 5.74) is 1.40. The molecule has 0 aliphatic carbocycles. The Kier molecular flexibility index (Phi) is 4.80. The second-order valence-electron chi connectivity index (χ2n) is 5.62. The van der Waals surface area contributed by atoms with Gasteiger partial charge in [-0.15, -0.1) is 0 Å². The standard InChI is InChI=1S/C16H18ClN5O3/c1-18-14(23)6-5-12-16(24)22(2)11-4-3-9(7-13(11)25-12)20-15-10(17)8-19-21-15/h3-4,7-8,12H,5-6H2,1-2H3,(H,18,23)(H2,19,20,21). The molecule has 132 valence electrons. The van der Waals surface area contributed by atoms with Crippen molar-refractivity contribution in [3.8, 4) is 5.75 Å². The number of amides is 2. The molecule has 1 atom stereocenters. The number of rotatable bonds is 5. The molecule has 25 heavy (non-hydrogen) atoms. The van der Waals surface area contributed by atoms with Crippen molar-refractivity contribution in [2.24, 2.45) is 0 Å². The maximum Gasteiger partial charge on any atom is 0.267 e. The molecule has 2 amide bonds. The molecule has 3 N–H and O–H groups in total. The van der Waals surface area contributed by atoms with Gasteiger partial charge in [-0.05, 0) is 12.1 Å². The second-order valence-corrected chi connectivity index (χ2v) is 6.02. The van der Waals surface area contributed by atoms with E-state index in [0.717, 1.165) is 5.69 Å². The van der Waals surface area contributed by atoms with E-state index in [0.29, 0.717) is 28.7 Å². The molecule has 0 bridgehead atoms. The van der Waals surface area contributed by atoms with Gasteiger partial charge in [-0.1, -0.05) is 11.6 Å². The maximum atomic E-state index is 12.4. The third-order valence-electron chi connectivity index (χ3n) is 3.97. The number of hydrogen-bond donors (Lipinski definition) is 3. The largest absolute Gasteiger partial charge is 0.478 e. The molecule has 0 radical (unpaired) electrons. The Morgan fingerprint density at radius 2 is 2.28 bits per heavy atom. The predicted octanol–water partition coefficient (Wildman–Crippen LogP) is 2.06. The quantitative estimate of drug-likeness (QED) is 0.755. The number of fused-ring (bicyclic) bond motifs is 1. The van der Waals surface area contributed by atoms with Crippen LogP contribution >= 0.6 is 11.6 Å². The molecule has 1 aromatic heterocycles. The van der Waals surface area contributed by atoms with Crippen LogP contribution in [0.25, 0.3) is 0 Å². The minimum absolute atomic E-state index is 0.130. The van der Waals surface area contributed by atoms with Crippen LogP contribution < -0.4 is 20.3 Å². The fourth-order valence-electron chi connectivity index (χ4n) is 2.57. The van der Waals surface area contributed by atoms with Crippen molar-refractivity contribution in [1.29, 1.82) is 0 Å². The molecular weight excluding hydrogens is 346 g/mol. The van der Waals surface area contributed by atoms with Crippen LogP contribution in [0.3, 0.4) is 0 Å². The van der Waals surface area contributed by atoms with Crippen molar-refractivity contribution < 1.29 is 14.3 Å². The van der Waals surface area contributed by atoms with Crippen LogP contribution in [-0.4, -0.2) is 42.2 Å². The zero-order valence-electron chi connectivity index (χ0n) is 13.8. The van der Waals surface area contributed by atoms with Gasteiger partial charge in [0.2, 0.25) is 5.91 Å². The number of aromatic amines is 1. The first kappa shape index (κ1) is 17.1. The van der Waals surface area contributed by atoms with Gasteiger partial charge >= 0.3 is 0 Å². The average molecular weight is 364 g/mol. The summed E-state index contributed by atoms with van der Waals surface area (Å²) in [5, 5.41) is 12.7. The molecule has 2 aromatic rings. The molecule has 0 fully saturated rings. The van der Waals surface area contributed by atoms with Gasteiger partial charge in [0.25, 0.3) is 5.91 Å². The minimum Gasteiger partial charge on any atom is -0.478 e. The van der Waals surface area contributed by atoms with Gasteiger partial charge in [0.1, 0.15) is 16.6 Å². The summed E-state index contributed by atoms with van der Waals surface area (Å²) < 4.78 is 5.83. The normalized spacial score (nSPS) is 16.2. The van der Waals surface area contributed by atoms with Gasteiger partial charge in [0.05, 0.1) is 11.9 Å². The van der Waals surface area contributed by atoms with Gasteiger partial charge in [-0.3, -0.25) is 14.7 Å². The van der Waals surface area contributed by atoms with Crippen LogP contribution in [0, 0.1) is 0 Å². The number of nitrogens with zero attached hydrogens (tertiary/aromatic N) is 2. The van der Waals surface area contributed by atoms with E-state index in [1.807, 2.05) is 6.07 Å². The SMILES string of the molecule is CNC(=O)CCC1Oc2cc(Nc3[nH]ncc3Cl)ccc2N(C)C1=O. The highest BCUT2D eigenvalue weighted by atomic mass is 35.5. The van der Waals surface area contributed by atoms with Crippen LogP contribution in [0.1, 0.15) is 12.8 Å². The van der Waals surface area contributed by atoms with Crippen molar-refractivity contribution in [2.45, 2.75) is 18.9 Å². The minimum atomic E-state index is -0.694. The highest BCUT2D eigenvalue weighted by molar-refractivity contribution is 6.32. The number of H-pyrrole nitrogens is 1. The third kappa shape index (κ3) is 3.53. The smallest absolute Gasteiger partial charge is 0.267 e. The number of likely N-dealkylation sites (N-methyl/N-ethyl adjacent to an activating group) is 1. The van der Waals surface area contributed by atoms with Crippen molar-refractivity contribution in [2.75, 3.05) is 24.3 Å². The summed E-state index contributed by atoms with van der Waals surface area (Å²) in [4.78, 5) is 25.4. The summed E-state index contributed by atoms with van der Waals surface area (Å²) in [6.45, 7) is 0. The molecule has 0 saturated carbocycles. The predicted molar refractivity (Wildman–Crippen MR) is 94.4 cm³/mol. The van der Waals surface area contributed by atoms with E-state index in [1.54, 1.807) is 31.1 Å². The van der Waals surface area contributed by atoms with Crippen LogP contribution in [0.4, 0.5) is 17.2 Å². The van der Waals surface area contributed by atoms with Crippen LogP contribution in [-0.2, 0) is 9.59 Å². The van der Waals surface area contributed by atoms with E-state index in [4.69, 9.17) is 16.3 Å². The molecule has 1 aliphatic heterocycles. The number of halogens is 1. The molecule has 2 heterocycles. The topological polar surface area (TPSA) is 99.3 Å². The van der Waals surface area contributed by atoms with E-state index in [2.05, 4.69) is 20.8 Å². The van der Waals surface area contributed by atoms with E-state index < -0.39 is 6.10 Å². The Labute approximate surface area is 149 Å².